The lowest BCUT2D eigenvalue weighted by molar-refractivity contribution is 0.415. The van der Waals surface area contributed by atoms with E-state index in [0.717, 1.165) is 10.8 Å². The van der Waals surface area contributed by atoms with Gasteiger partial charge in [0.15, 0.2) is 0 Å². The van der Waals surface area contributed by atoms with E-state index in [4.69, 9.17) is 27.9 Å². The number of hydrogen-bond acceptors (Lipinski definition) is 2. The molecule has 1 aromatic carbocycles. The molecule has 1 heterocycles. The van der Waals surface area contributed by atoms with Crippen molar-refractivity contribution in [2.45, 2.75) is 20.3 Å². The van der Waals surface area contributed by atoms with Crippen LogP contribution in [0.1, 0.15) is 20.3 Å². The Labute approximate surface area is 112 Å². The average Bonchev–Trinajstić information content (AvgIpc) is 2.32. The molecule has 2 rings (SSSR count). The summed E-state index contributed by atoms with van der Waals surface area (Å²) in [6, 6.07) is 5.43. The third-order valence-electron chi connectivity index (χ3n) is 2.02. The summed E-state index contributed by atoms with van der Waals surface area (Å²) in [6.45, 7) is 4.25. The zero-order valence-electron chi connectivity index (χ0n) is 10.1. The van der Waals surface area contributed by atoms with E-state index in [1.165, 1.54) is 6.42 Å². The first-order chi connectivity index (χ1) is 8.15. The normalized spacial score (nSPS) is 9.71. The zero-order valence-corrected chi connectivity index (χ0v) is 11.6. The molecule has 0 unspecified atom stereocenters. The monoisotopic (exact) mass is 271 g/mol. The molecule has 4 heteroatoms. The summed E-state index contributed by atoms with van der Waals surface area (Å²) in [5.41, 5.74) is 0. The van der Waals surface area contributed by atoms with Crippen molar-refractivity contribution in [3.8, 4) is 5.75 Å². The van der Waals surface area contributed by atoms with Gasteiger partial charge in [-0.15, -0.1) is 0 Å². The molecular weight excluding hydrogens is 257 g/mol. The van der Waals surface area contributed by atoms with Gasteiger partial charge in [-0.1, -0.05) is 43.5 Å². The maximum atomic E-state index is 6.10. The number of methoxy groups -OCH3 is 1. The fraction of sp³-hybridized carbons (Fsp3) is 0.308. The minimum Gasteiger partial charge on any atom is -0.495 e. The summed E-state index contributed by atoms with van der Waals surface area (Å²) in [4.78, 5) is 3.97. The fourth-order valence-electron chi connectivity index (χ4n) is 1.32. The summed E-state index contributed by atoms with van der Waals surface area (Å²) < 4.78 is 5.10. The summed E-state index contributed by atoms with van der Waals surface area (Å²) in [5, 5.41) is 2.70. The molecule has 0 radical (unpaired) electrons. The topological polar surface area (TPSA) is 22.1 Å². The van der Waals surface area contributed by atoms with Crippen molar-refractivity contribution in [3.05, 3.63) is 34.6 Å². The van der Waals surface area contributed by atoms with Crippen molar-refractivity contribution in [2.75, 3.05) is 7.11 Å². The molecule has 0 aliphatic heterocycles. The van der Waals surface area contributed by atoms with Gasteiger partial charge in [0, 0.05) is 17.0 Å². The Bertz CT molecular complexity index is 500. The number of pyridine rings is 1. The number of fused-ring (bicyclic) bond motifs is 1. The molecule has 2 aromatic rings. The van der Waals surface area contributed by atoms with Crippen molar-refractivity contribution in [1.29, 1.82) is 0 Å². The molecule has 0 aliphatic carbocycles. The average molecular weight is 272 g/mol. The van der Waals surface area contributed by atoms with Crippen LogP contribution in [0.2, 0.25) is 10.2 Å². The lowest BCUT2D eigenvalue weighted by atomic mass is 10.2. The first kappa shape index (κ1) is 14.1. The second-order valence-corrected chi connectivity index (χ2v) is 4.22. The van der Waals surface area contributed by atoms with Crippen molar-refractivity contribution in [1.82, 2.24) is 4.98 Å². The predicted molar refractivity (Wildman–Crippen MR) is 74.3 cm³/mol. The van der Waals surface area contributed by atoms with E-state index in [1.54, 1.807) is 19.4 Å². The van der Waals surface area contributed by atoms with Crippen LogP contribution in [-0.2, 0) is 0 Å². The molecule has 92 valence electrons. The Kier molecular flexibility index (Phi) is 5.52. The molecule has 17 heavy (non-hydrogen) atoms. The van der Waals surface area contributed by atoms with Gasteiger partial charge in [-0.3, -0.25) is 0 Å². The summed E-state index contributed by atoms with van der Waals surface area (Å²) in [7, 11) is 1.58. The van der Waals surface area contributed by atoms with E-state index >= 15 is 0 Å². The van der Waals surface area contributed by atoms with Crippen LogP contribution in [0.15, 0.2) is 24.4 Å². The van der Waals surface area contributed by atoms with E-state index in [0.29, 0.717) is 15.9 Å². The third kappa shape index (κ3) is 3.24. The van der Waals surface area contributed by atoms with Gasteiger partial charge < -0.3 is 4.74 Å². The highest BCUT2D eigenvalue weighted by Crippen LogP contribution is 2.34. The number of halogens is 2. The van der Waals surface area contributed by atoms with Gasteiger partial charge >= 0.3 is 0 Å². The van der Waals surface area contributed by atoms with Crippen molar-refractivity contribution < 1.29 is 4.74 Å². The molecule has 0 saturated heterocycles. The van der Waals surface area contributed by atoms with Crippen LogP contribution in [0.5, 0.6) is 5.75 Å². The Morgan fingerprint density at radius 3 is 2.35 bits per heavy atom. The van der Waals surface area contributed by atoms with Gasteiger partial charge in [-0.05, 0) is 18.2 Å². The molecule has 2 nitrogen and oxygen atoms in total. The van der Waals surface area contributed by atoms with Gasteiger partial charge in [-0.25, -0.2) is 4.98 Å². The molecule has 0 amide bonds. The SMILES string of the molecule is CCC.COc1ccc2c(Cl)nccc2c1Cl. The van der Waals surface area contributed by atoms with Gasteiger partial charge in [-0.2, -0.15) is 0 Å². The number of ether oxygens (including phenoxy) is 1. The Balaban J connectivity index is 0.000000437. The van der Waals surface area contributed by atoms with E-state index in [-0.39, 0.29) is 0 Å². The highest BCUT2D eigenvalue weighted by molar-refractivity contribution is 6.39. The lowest BCUT2D eigenvalue weighted by Gasteiger charge is -2.06. The number of hydrogen-bond donors (Lipinski definition) is 0. The van der Waals surface area contributed by atoms with Crippen molar-refractivity contribution >= 4 is 34.0 Å². The largest absolute Gasteiger partial charge is 0.495 e. The summed E-state index contributed by atoms with van der Waals surface area (Å²) >= 11 is 12.0. The van der Waals surface area contributed by atoms with E-state index in [2.05, 4.69) is 18.8 Å². The second kappa shape index (κ2) is 6.67. The van der Waals surface area contributed by atoms with Crippen LogP contribution in [0.3, 0.4) is 0 Å². The molecule has 0 fully saturated rings. The maximum Gasteiger partial charge on any atom is 0.138 e. The highest BCUT2D eigenvalue weighted by atomic mass is 35.5. The third-order valence-corrected chi connectivity index (χ3v) is 2.71. The molecule has 0 aliphatic rings. The van der Waals surface area contributed by atoms with Gasteiger partial charge in [0.05, 0.1) is 12.1 Å². The molecule has 0 atom stereocenters. The van der Waals surface area contributed by atoms with Crippen molar-refractivity contribution in [3.63, 3.8) is 0 Å². The molecule has 0 saturated carbocycles. The van der Waals surface area contributed by atoms with Gasteiger partial charge in [0.1, 0.15) is 10.9 Å². The number of aromatic nitrogens is 1. The minimum atomic E-state index is 0.451. The van der Waals surface area contributed by atoms with Crippen LogP contribution >= 0.6 is 23.2 Å². The maximum absolute atomic E-state index is 6.10. The van der Waals surface area contributed by atoms with E-state index < -0.39 is 0 Å². The summed E-state index contributed by atoms with van der Waals surface area (Å²) in [5.74, 6) is 0.640. The second-order valence-electron chi connectivity index (χ2n) is 3.49. The Hall–Kier alpha value is -0.990. The first-order valence-electron chi connectivity index (χ1n) is 5.42. The Morgan fingerprint density at radius 2 is 1.76 bits per heavy atom. The molecule has 0 N–H and O–H groups in total. The van der Waals surface area contributed by atoms with Gasteiger partial charge in [0.2, 0.25) is 0 Å². The zero-order chi connectivity index (χ0) is 12.8. The Morgan fingerprint density at radius 1 is 1.12 bits per heavy atom. The molecule has 0 spiro atoms. The number of rotatable bonds is 1. The molecule has 0 bridgehead atoms. The van der Waals surface area contributed by atoms with Crippen molar-refractivity contribution in [2.24, 2.45) is 0 Å². The quantitative estimate of drug-likeness (QED) is 0.684. The van der Waals surface area contributed by atoms with Crippen LogP contribution in [0, 0.1) is 0 Å². The van der Waals surface area contributed by atoms with Gasteiger partial charge in [0.25, 0.3) is 0 Å². The highest BCUT2D eigenvalue weighted by Gasteiger charge is 2.07. The predicted octanol–water partition coefficient (Wildman–Crippen LogP) is 4.97. The lowest BCUT2D eigenvalue weighted by Crippen LogP contribution is -1.86. The van der Waals surface area contributed by atoms with E-state index in [9.17, 15) is 0 Å². The summed E-state index contributed by atoms with van der Waals surface area (Å²) in [6.07, 6.45) is 2.87. The number of nitrogens with zero attached hydrogens (tertiary/aromatic N) is 1. The smallest absolute Gasteiger partial charge is 0.138 e. The van der Waals surface area contributed by atoms with Crippen LogP contribution in [0.4, 0.5) is 0 Å². The van der Waals surface area contributed by atoms with Crippen LogP contribution in [0.25, 0.3) is 10.8 Å². The molecule has 1 aromatic heterocycles. The minimum absolute atomic E-state index is 0.451. The standard InChI is InChI=1S/C10H7Cl2NO.C3H8/c1-14-8-3-2-7-6(9(8)11)4-5-13-10(7)12;1-3-2/h2-5H,1H3;3H2,1-2H3. The number of benzene rings is 1. The van der Waals surface area contributed by atoms with Crippen LogP contribution in [-0.4, -0.2) is 12.1 Å². The van der Waals surface area contributed by atoms with E-state index in [1.807, 2.05) is 12.1 Å². The first-order valence-corrected chi connectivity index (χ1v) is 6.17. The van der Waals surface area contributed by atoms with Crippen LogP contribution < -0.4 is 4.74 Å². The fourth-order valence-corrected chi connectivity index (χ4v) is 1.85. The molecular formula is C13H15Cl2NO.